The lowest BCUT2D eigenvalue weighted by atomic mass is 9.86. The van der Waals surface area contributed by atoms with Gasteiger partial charge in [-0.25, -0.2) is 0 Å². The van der Waals surface area contributed by atoms with Gasteiger partial charge in [-0.2, -0.15) is 0 Å². The maximum atomic E-state index is 12.6. The summed E-state index contributed by atoms with van der Waals surface area (Å²) in [5, 5.41) is 0. The third-order valence-electron chi connectivity index (χ3n) is 3.81. The van der Waals surface area contributed by atoms with Crippen molar-refractivity contribution in [2.75, 3.05) is 0 Å². The van der Waals surface area contributed by atoms with E-state index in [1.54, 1.807) is 12.1 Å². The molecule has 0 bridgehead atoms. The number of nitrogens with zero attached hydrogens (tertiary/aromatic N) is 1. The van der Waals surface area contributed by atoms with Gasteiger partial charge >= 0.3 is 6.36 Å². The number of rotatable bonds is 3. The third-order valence-corrected chi connectivity index (χ3v) is 3.81. The highest BCUT2D eigenvalue weighted by atomic mass is 19.4. The van der Waals surface area contributed by atoms with Gasteiger partial charge in [0, 0.05) is 18.3 Å². The molecule has 0 fully saturated rings. The SMILES string of the molecule is CCn1ccc2c1C=CC(c1ccc(OC(F)(F)F)cc1)C2=O. The van der Waals surface area contributed by atoms with Crippen molar-refractivity contribution in [3.63, 3.8) is 0 Å². The fourth-order valence-corrected chi connectivity index (χ4v) is 2.74. The largest absolute Gasteiger partial charge is 0.573 e. The minimum absolute atomic E-state index is 0.0563. The summed E-state index contributed by atoms with van der Waals surface area (Å²) in [4.78, 5) is 12.6. The average Bonchev–Trinajstić information content (AvgIpc) is 2.91. The molecule has 0 aliphatic heterocycles. The summed E-state index contributed by atoms with van der Waals surface area (Å²) in [6.07, 6.45) is 0.789. The van der Waals surface area contributed by atoms with E-state index in [2.05, 4.69) is 4.74 Å². The molecule has 0 spiro atoms. The Balaban J connectivity index is 1.85. The van der Waals surface area contributed by atoms with Crippen LogP contribution in [0.1, 0.15) is 34.5 Å². The number of ether oxygens (including phenoxy) is 1. The first kappa shape index (κ1) is 15.4. The monoisotopic (exact) mass is 321 g/mol. The Labute approximate surface area is 131 Å². The summed E-state index contributed by atoms with van der Waals surface area (Å²) in [6.45, 7) is 2.76. The summed E-state index contributed by atoms with van der Waals surface area (Å²) in [7, 11) is 0. The highest BCUT2D eigenvalue weighted by molar-refractivity contribution is 6.07. The van der Waals surface area contributed by atoms with Gasteiger partial charge in [-0.15, -0.1) is 13.2 Å². The number of fused-ring (bicyclic) bond motifs is 1. The highest BCUT2D eigenvalue weighted by Crippen LogP contribution is 2.32. The van der Waals surface area contributed by atoms with E-state index in [1.807, 2.05) is 23.8 Å². The molecular formula is C17H14F3NO2. The number of aryl methyl sites for hydroxylation is 1. The van der Waals surface area contributed by atoms with Gasteiger partial charge in [0.1, 0.15) is 5.75 Å². The Bertz CT molecular complexity index is 757. The van der Waals surface area contributed by atoms with Crippen LogP contribution in [-0.4, -0.2) is 16.7 Å². The Hall–Kier alpha value is -2.50. The van der Waals surface area contributed by atoms with Crippen molar-refractivity contribution in [3.05, 3.63) is 59.4 Å². The van der Waals surface area contributed by atoms with E-state index in [1.165, 1.54) is 24.3 Å². The Kier molecular flexibility index (Phi) is 3.75. The molecule has 0 N–H and O–H groups in total. The van der Waals surface area contributed by atoms with Crippen LogP contribution in [-0.2, 0) is 6.54 Å². The van der Waals surface area contributed by atoms with E-state index >= 15 is 0 Å². The average molecular weight is 321 g/mol. The van der Waals surface area contributed by atoms with E-state index in [0.29, 0.717) is 11.1 Å². The second-order valence-electron chi connectivity index (χ2n) is 5.22. The zero-order chi connectivity index (χ0) is 16.6. The fourth-order valence-electron chi connectivity index (χ4n) is 2.74. The molecule has 1 aliphatic rings. The van der Waals surface area contributed by atoms with Crippen LogP contribution in [0.25, 0.3) is 6.08 Å². The number of halogens is 3. The molecule has 0 radical (unpaired) electrons. The summed E-state index contributed by atoms with van der Waals surface area (Å²) >= 11 is 0. The predicted molar refractivity (Wildman–Crippen MR) is 79.3 cm³/mol. The first-order valence-electron chi connectivity index (χ1n) is 7.16. The molecule has 0 amide bonds. The fraction of sp³-hybridized carbons (Fsp3) is 0.235. The number of alkyl halides is 3. The molecule has 2 aromatic rings. The summed E-state index contributed by atoms with van der Waals surface area (Å²) in [5.74, 6) is -0.847. The lowest BCUT2D eigenvalue weighted by Crippen LogP contribution is -2.18. The van der Waals surface area contributed by atoms with Crippen LogP contribution in [0.4, 0.5) is 13.2 Å². The van der Waals surface area contributed by atoms with Crippen LogP contribution in [0, 0.1) is 0 Å². The van der Waals surface area contributed by atoms with Gasteiger partial charge in [0.2, 0.25) is 0 Å². The molecule has 1 aliphatic carbocycles. The van der Waals surface area contributed by atoms with Crippen LogP contribution >= 0.6 is 0 Å². The van der Waals surface area contributed by atoms with Crippen molar-refractivity contribution >= 4 is 11.9 Å². The van der Waals surface area contributed by atoms with Crippen LogP contribution in [0.2, 0.25) is 0 Å². The number of carbonyl (C=O) groups is 1. The second kappa shape index (κ2) is 5.61. The van der Waals surface area contributed by atoms with Gasteiger partial charge in [0.05, 0.1) is 11.6 Å². The smallest absolute Gasteiger partial charge is 0.406 e. The van der Waals surface area contributed by atoms with Crippen molar-refractivity contribution in [2.45, 2.75) is 25.7 Å². The van der Waals surface area contributed by atoms with E-state index in [-0.39, 0.29) is 11.5 Å². The van der Waals surface area contributed by atoms with Crippen molar-refractivity contribution in [1.29, 1.82) is 0 Å². The number of benzene rings is 1. The Morgan fingerprint density at radius 1 is 1.17 bits per heavy atom. The minimum Gasteiger partial charge on any atom is -0.406 e. The van der Waals surface area contributed by atoms with Crippen molar-refractivity contribution in [2.24, 2.45) is 0 Å². The lowest BCUT2D eigenvalue weighted by Gasteiger charge is -2.18. The Morgan fingerprint density at radius 2 is 1.87 bits per heavy atom. The van der Waals surface area contributed by atoms with Crippen LogP contribution < -0.4 is 4.74 Å². The number of aromatic nitrogens is 1. The lowest BCUT2D eigenvalue weighted by molar-refractivity contribution is -0.274. The van der Waals surface area contributed by atoms with Gasteiger partial charge in [-0.3, -0.25) is 4.79 Å². The van der Waals surface area contributed by atoms with E-state index in [4.69, 9.17) is 0 Å². The van der Waals surface area contributed by atoms with Gasteiger partial charge in [-0.05, 0) is 36.8 Å². The normalized spacial score (nSPS) is 17.2. The molecular weight excluding hydrogens is 307 g/mol. The number of hydrogen-bond acceptors (Lipinski definition) is 2. The summed E-state index contributed by atoms with van der Waals surface area (Å²) < 4.78 is 42.3. The van der Waals surface area contributed by atoms with Gasteiger partial charge in [0.15, 0.2) is 5.78 Å². The molecule has 23 heavy (non-hydrogen) atoms. The topological polar surface area (TPSA) is 31.2 Å². The maximum absolute atomic E-state index is 12.6. The number of ketones is 1. The zero-order valence-corrected chi connectivity index (χ0v) is 12.3. The van der Waals surface area contributed by atoms with Crippen molar-refractivity contribution in [3.8, 4) is 5.75 Å². The quantitative estimate of drug-likeness (QED) is 0.839. The molecule has 1 aromatic heterocycles. The number of allylic oxidation sites excluding steroid dienone is 1. The molecule has 1 unspecified atom stereocenters. The summed E-state index contributed by atoms with van der Waals surface area (Å²) in [5.41, 5.74) is 2.14. The molecule has 6 heteroatoms. The summed E-state index contributed by atoms with van der Waals surface area (Å²) in [6, 6.07) is 7.18. The van der Waals surface area contributed by atoms with Crippen molar-refractivity contribution in [1.82, 2.24) is 4.57 Å². The van der Waals surface area contributed by atoms with E-state index in [9.17, 15) is 18.0 Å². The molecule has 1 aromatic carbocycles. The van der Waals surface area contributed by atoms with Gasteiger partial charge < -0.3 is 9.30 Å². The van der Waals surface area contributed by atoms with Crippen LogP contribution in [0.3, 0.4) is 0 Å². The predicted octanol–water partition coefficient (Wildman–Crippen LogP) is 4.40. The van der Waals surface area contributed by atoms with Gasteiger partial charge in [0.25, 0.3) is 0 Å². The number of carbonyl (C=O) groups excluding carboxylic acids is 1. The van der Waals surface area contributed by atoms with E-state index < -0.39 is 12.3 Å². The highest BCUT2D eigenvalue weighted by Gasteiger charge is 2.31. The third kappa shape index (κ3) is 3.02. The molecule has 3 nitrogen and oxygen atoms in total. The molecule has 0 saturated heterocycles. The zero-order valence-electron chi connectivity index (χ0n) is 12.3. The van der Waals surface area contributed by atoms with Crippen molar-refractivity contribution < 1.29 is 22.7 Å². The van der Waals surface area contributed by atoms with Crippen LogP contribution in [0.5, 0.6) is 5.75 Å². The first-order valence-corrected chi connectivity index (χ1v) is 7.16. The van der Waals surface area contributed by atoms with Crippen LogP contribution in [0.15, 0.2) is 42.6 Å². The van der Waals surface area contributed by atoms with E-state index in [0.717, 1.165) is 12.2 Å². The maximum Gasteiger partial charge on any atom is 0.573 e. The second-order valence-corrected chi connectivity index (χ2v) is 5.22. The molecule has 1 atom stereocenters. The Morgan fingerprint density at radius 3 is 2.48 bits per heavy atom. The molecule has 3 rings (SSSR count). The number of Topliss-reactive ketones (excluding diaryl/α,β-unsaturated/α-hetero) is 1. The number of hydrogen-bond donors (Lipinski definition) is 0. The molecule has 0 saturated carbocycles. The molecule has 1 heterocycles. The first-order chi connectivity index (χ1) is 10.9. The van der Waals surface area contributed by atoms with Gasteiger partial charge in [-0.1, -0.05) is 18.2 Å². The standard InChI is InChI=1S/C17H14F3NO2/c1-2-21-10-9-14-15(21)8-7-13(16(14)22)11-3-5-12(6-4-11)23-17(18,19)20/h3-10,13H,2H2,1H3. The minimum atomic E-state index is -4.72. The molecule has 120 valence electrons.